The van der Waals surface area contributed by atoms with Gasteiger partial charge in [0.2, 0.25) is 0 Å². The SMILES string of the molecule is OCC(Cc1ccccc1)NCc1cncs1. The fourth-order valence-corrected chi connectivity index (χ4v) is 2.22. The van der Waals surface area contributed by atoms with Crippen molar-refractivity contribution in [3.05, 3.63) is 52.5 Å². The topological polar surface area (TPSA) is 45.1 Å². The Labute approximate surface area is 105 Å². The Hall–Kier alpha value is -1.23. The molecular formula is C13H16N2OS. The van der Waals surface area contributed by atoms with Crippen molar-refractivity contribution in [3.8, 4) is 0 Å². The van der Waals surface area contributed by atoms with Gasteiger partial charge in [-0.3, -0.25) is 4.98 Å². The maximum atomic E-state index is 9.34. The van der Waals surface area contributed by atoms with E-state index in [-0.39, 0.29) is 12.6 Å². The van der Waals surface area contributed by atoms with Crippen LogP contribution < -0.4 is 5.32 Å². The van der Waals surface area contributed by atoms with Crippen LogP contribution in [0.4, 0.5) is 0 Å². The van der Waals surface area contributed by atoms with Crippen molar-refractivity contribution in [2.45, 2.75) is 19.0 Å². The van der Waals surface area contributed by atoms with Gasteiger partial charge in [-0.25, -0.2) is 0 Å². The van der Waals surface area contributed by atoms with Gasteiger partial charge in [0.05, 0.1) is 12.1 Å². The molecule has 2 aromatic rings. The number of hydrogen-bond donors (Lipinski definition) is 2. The van der Waals surface area contributed by atoms with Gasteiger partial charge in [0, 0.05) is 23.7 Å². The number of hydrogen-bond acceptors (Lipinski definition) is 4. The molecule has 0 aliphatic heterocycles. The van der Waals surface area contributed by atoms with Gasteiger partial charge in [-0.05, 0) is 12.0 Å². The summed E-state index contributed by atoms with van der Waals surface area (Å²) in [5, 5.41) is 12.7. The maximum absolute atomic E-state index is 9.34. The number of rotatable bonds is 6. The first-order chi connectivity index (χ1) is 8.38. The Balaban J connectivity index is 1.85. The molecule has 0 fully saturated rings. The number of nitrogens with one attached hydrogen (secondary N) is 1. The van der Waals surface area contributed by atoms with Gasteiger partial charge in [0.25, 0.3) is 0 Å². The lowest BCUT2D eigenvalue weighted by atomic mass is 10.1. The summed E-state index contributed by atoms with van der Waals surface area (Å²) in [5.74, 6) is 0. The number of aliphatic hydroxyl groups is 1. The molecule has 0 aliphatic carbocycles. The lowest BCUT2D eigenvalue weighted by Crippen LogP contribution is -2.33. The molecule has 0 saturated carbocycles. The second-order valence-corrected chi connectivity index (χ2v) is 4.89. The minimum absolute atomic E-state index is 0.0968. The molecule has 1 aromatic heterocycles. The van der Waals surface area contributed by atoms with E-state index < -0.39 is 0 Å². The summed E-state index contributed by atoms with van der Waals surface area (Å²) in [6.07, 6.45) is 2.70. The average molecular weight is 248 g/mol. The summed E-state index contributed by atoms with van der Waals surface area (Å²) < 4.78 is 0. The van der Waals surface area contributed by atoms with E-state index in [1.807, 2.05) is 29.9 Å². The van der Waals surface area contributed by atoms with E-state index in [0.29, 0.717) is 0 Å². The maximum Gasteiger partial charge on any atom is 0.0794 e. The van der Waals surface area contributed by atoms with Gasteiger partial charge < -0.3 is 10.4 Å². The molecule has 17 heavy (non-hydrogen) atoms. The molecule has 90 valence electrons. The van der Waals surface area contributed by atoms with Crippen LogP contribution >= 0.6 is 11.3 Å². The minimum Gasteiger partial charge on any atom is -0.395 e. The number of aromatic nitrogens is 1. The summed E-state index contributed by atoms with van der Waals surface area (Å²) in [5.41, 5.74) is 3.06. The molecule has 0 spiro atoms. The number of benzene rings is 1. The van der Waals surface area contributed by atoms with Crippen molar-refractivity contribution in [1.82, 2.24) is 10.3 Å². The van der Waals surface area contributed by atoms with Crippen LogP contribution in [0.2, 0.25) is 0 Å². The highest BCUT2D eigenvalue weighted by Gasteiger charge is 2.08. The first-order valence-corrected chi connectivity index (χ1v) is 6.52. The summed E-state index contributed by atoms with van der Waals surface area (Å²) in [6, 6.07) is 10.3. The van der Waals surface area contributed by atoms with E-state index in [1.54, 1.807) is 11.3 Å². The Morgan fingerprint density at radius 2 is 2.12 bits per heavy atom. The van der Waals surface area contributed by atoms with Gasteiger partial charge >= 0.3 is 0 Å². The molecule has 1 aromatic carbocycles. The molecule has 1 unspecified atom stereocenters. The standard InChI is InChI=1S/C13H16N2OS/c16-9-12(6-11-4-2-1-3-5-11)15-8-13-7-14-10-17-13/h1-5,7,10,12,15-16H,6,8-9H2. The van der Waals surface area contributed by atoms with Crippen molar-refractivity contribution in [3.63, 3.8) is 0 Å². The second kappa shape index (κ2) is 6.49. The van der Waals surface area contributed by atoms with Gasteiger partial charge in [0.15, 0.2) is 0 Å². The van der Waals surface area contributed by atoms with Crippen LogP contribution in [-0.2, 0) is 13.0 Å². The summed E-state index contributed by atoms with van der Waals surface area (Å²) in [7, 11) is 0. The zero-order valence-corrected chi connectivity index (χ0v) is 10.4. The third-order valence-electron chi connectivity index (χ3n) is 2.59. The highest BCUT2D eigenvalue weighted by molar-refractivity contribution is 7.09. The lowest BCUT2D eigenvalue weighted by Gasteiger charge is -2.15. The zero-order chi connectivity index (χ0) is 11.9. The average Bonchev–Trinajstić information content (AvgIpc) is 2.89. The zero-order valence-electron chi connectivity index (χ0n) is 9.54. The molecule has 0 bridgehead atoms. The van der Waals surface area contributed by atoms with Crippen LogP contribution in [0.3, 0.4) is 0 Å². The molecule has 2 N–H and O–H groups in total. The predicted molar refractivity (Wildman–Crippen MR) is 70.0 cm³/mol. The predicted octanol–water partition coefficient (Wildman–Crippen LogP) is 1.84. The number of thiazole rings is 1. The number of aliphatic hydroxyl groups excluding tert-OH is 1. The quantitative estimate of drug-likeness (QED) is 0.820. The Bertz CT molecular complexity index is 416. The van der Waals surface area contributed by atoms with Gasteiger partial charge in [0.1, 0.15) is 0 Å². The van der Waals surface area contributed by atoms with Gasteiger partial charge in [-0.15, -0.1) is 11.3 Å². The highest BCUT2D eigenvalue weighted by atomic mass is 32.1. The molecule has 0 radical (unpaired) electrons. The Morgan fingerprint density at radius 3 is 2.76 bits per heavy atom. The molecule has 3 nitrogen and oxygen atoms in total. The largest absolute Gasteiger partial charge is 0.395 e. The van der Waals surface area contributed by atoms with Crippen LogP contribution in [0, 0.1) is 0 Å². The van der Waals surface area contributed by atoms with E-state index in [2.05, 4.69) is 22.4 Å². The highest BCUT2D eigenvalue weighted by Crippen LogP contribution is 2.07. The monoisotopic (exact) mass is 248 g/mol. The van der Waals surface area contributed by atoms with E-state index in [4.69, 9.17) is 0 Å². The summed E-state index contributed by atoms with van der Waals surface area (Å²) in [4.78, 5) is 5.22. The van der Waals surface area contributed by atoms with Gasteiger partial charge in [-0.2, -0.15) is 0 Å². The normalized spacial score (nSPS) is 12.5. The van der Waals surface area contributed by atoms with E-state index in [1.165, 1.54) is 10.4 Å². The van der Waals surface area contributed by atoms with Crippen molar-refractivity contribution in [2.75, 3.05) is 6.61 Å². The van der Waals surface area contributed by atoms with Gasteiger partial charge in [-0.1, -0.05) is 30.3 Å². The van der Waals surface area contributed by atoms with Crippen LogP contribution in [0.1, 0.15) is 10.4 Å². The van der Waals surface area contributed by atoms with E-state index in [0.717, 1.165) is 13.0 Å². The second-order valence-electron chi connectivity index (χ2n) is 3.92. The molecule has 1 heterocycles. The molecule has 0 saturated heterocycles. The molecule has 0 aliphatic rings. The molecular weight excluding hydrogens is 232 g/mol. The first-order valence-electron chi connectivity index (χ1n) is 5.64. The lowest BCUT2D eigenvalue weighted by molar-refractivity contribution is 0.241. The smallest absolute Gasteiger partial charge is 0.0794 e. The fraction of sp³-hybridized carbons (Fsp3) is 0.308. The molecule has 1 atom stereocenters. The Kier molecular flexibility index (Phi) is 4.67. The van der Waals surface area contributed by atoms with Crippen molar-refractivity contribution >= 4 is 11.3 Å². The van der Waals surface area contributed by atoms with Crippen LogP contribution in [0.5, 0.6) is 0 Å². The van der Waals surface area contributed by atoms with Crippen molar-refractivity contribution in [1.29, 1.82) is 0 Å². The fourth-order valence-electron chi connectivity index (χ4n) is 1.67. The number of nitrogens with zero attached hydrogens (tertiary/aromatic N) is 1. The first kappa shape index (κ1) is 12.2. The van der Waals surface area contributed by atoms with E-state index >= 15 is 0 Å². The van der Waals surface area contributed by atoms with Crippen LogP contribution in [0.25, 0.3) is 0 Å². The molecule has 0 amide bonds. The van der Waals surface area contributed by atoms with E-state index in [9.17, 15) is 5.11 Å². The van der Waals surface area contributed by atoms with Crippen LogP contribution in [0.15, 0.2) is 42.0 Å². The minimum atomic E-state index is 0.0968. The summed E-state index contributed by atoms with van der Waals surface area (Å²) in [6.45, 7) is 0.913. The third kappa shape index (κ3) is 3.93. The third-order valence-corrected chi connectivity index (χ3v) is 3.37. The van der Waals surface area contributed by atoms with Crippen molar-refractivity contribution in [2.24, 2.45) is 0 Å². The Morgan fingerprint density at radius 1 is 1.29 bits per heavy atom. The van der Waals surface area contributed by atoms with Crippen molar-refractivity contribution < 1.29 is 5.11 Å². The summed E-state index contributed by atoms with van der Waals surface area (Å²) >= 11 is 1.63. The molecule has 2 rings (SSSR count). The van der Waals surface area contributed by atoms with Crippen LogP contribution in [-0.4, -0.2) is 22.7 Å². The molecule has 4 heteroatoms.